The summed E-state index contributed by atoms with van der Waals surface area (Å²) >= 11 is 0. The van der Waals surface area contributed by atoms with Gasteiger partial charge in [-0.05, 0) is 12.1 Å². The van der Waals surface area contributed by atoms with Crippen LogP contribution in [0.4, 0.5) is 0 Å². The number of benzene rings is 1. The van der Waals surface area contributed by atoms with Gasteiger partial charge in [-0.3, -0.25) is 0 Å². The maximum atomic E-state index is 9.48. The Bertz CT molecular complexity index is 437. The Morgan fingerprint density at radius 2 is 2.00 bits per heavy atom. The van der Waals surface area contributed by atoms with E-state index in [1.807, 2.05) is 46.8 Å². The summed E-state index contributed by atoms with van der Waals surface area (Å²) in [6.07, 6.45) is 1.42. The normalized spacial score (nSPS) is 12.5. The molecule has 0 radical (unpaired) electrons. The summed E-state index contributed by atoms with van der Waals surface area (Å²) in [7, 11) is 1.97. The summed E-state index contributed by atoms with van der Waals surface area (Å²) < 4.78 is 3.84. The number of imidazole rings is 1. The van der Waals surface area contributed by atoms with E-state index >= 15 is 0 Å². The molecular formula is C10H13ClN2O. The van der Waals surface area contributed by atoms with Gasteiger partial charge in [-0.2, -0.15) is 0 Å². The Morgan fingerprint density at radius 3 is 2.64 bits per heavy atom. The van der Waals surface area contributed by atoms with Gasteiger partial charge in [-0.1, -0.05) is 12.1 Å². The van der Waals surface area contributed by atoms with Crippen LogP contribution in [-0.2, 0) is 7.05 Å². The minimum atomic E-state index is -0.480. The molecule has 0 aliphatic heterocycles. The topological polar surface area (TPSA) is 29.0 Å². The highest BCUT2D eigenvalue weighted by Crippen LogP contribution is 2.13. The van der Waals surface area contributed by atoms with Crippen LogP contribution in [0.15, 0.2) is 30.6 Å². The second-order valence-corrected chi connectivity index (χ2v) is 3.25. The maximum absolute atomic E-state index is 9.48. The molecule has 2 rings (SSSR count). The highest BCUT2D eigenvalue weighted by atomic mass is 35.5. The predicted molar refractivity (Wildman–Crippen MR) is 50.0 cm³/mol. The molecule has 3 nitrogen and oxygen atoms in total. The van der Waals surface area contributed by atoms with E-state index in [9.17, 15) is 5.11 Å². The van der Waals surface area contributed by atoms with Gasteiger partial charge >= 0.3 is 0 Å². The number of aliphatic hydroxyl groups is 1. The average molecular weight is 213 g/mol. The van der Waals surface area contributed by atoms with Crippen molar-refractivity contribution in [2.75, 3.05) is 0 Å². The third-order valence-electron chi connectivity index (χ3n) is 2.24. The van der Waals surface area contributed by atoms with E-state index in [0.29, 0.717) is 0 Å². The van der Waals surface area contributed by atoms with Crippen LogP contribution < -0.4 is 17.0 Å². The Morgan fingerprint density at radius 1 is 1.36 bits per heavy atom. The molecule has 0 aliphatic carbocycles. The summed E-state index contributed by atoms with van der Waals surface area (Å²) in [4.78, 5) is 0. The van der Waals surface area contributed by atoms with Gasteiger partial charge in [0.1, 0.15) is 0 Å². The van der Waals surface area contributed by atoms with Crippen LogP contribution in [0, 0.1) is 0 Å². The molecular weight excluding hydrogens is 200 g/mol. The number of nitrogens with zero attached hydrogens (tertiary/aromatic N) is 2. The third-order valence-corrected chi connectivity index (χ3v) is 2.24. The quantitative estimate of drug-likeness (QED) is 0.544. The first-order valence-corrected chi connectivity index (χ1v) is 4.33. The fourth-order valence-corrected chi connectivity index (χ4v) is 1.59. The number of para-hydroxylation sites is 2. The Labute approximate surface area is 89.0 Å². The van der Waals surface area contributed by atoms with Gasteiger partial charge < -0.3 is 17.5 Å². The minimum absolute atomic E-state index is 0. The number of aryl methyl sites for hydroxylation is 1. The van der Waals surface area contributed by atoms with Crippen molar-refractivity contribution in [3.05, 3.63) is 30.6 Å². The number of hydrogen-bond donors (Lipinski definition) is 1. The zero-order chi connectivity index (χ0) is 9.42. The Balaban J connectivity index is 0.000000980. The molecule has 1 aromatic heterocycles. The van der Waals surface area contributed by atoms with Gasteiger partial charge in [0, 0.05) is 6.92 Å². The van der Waals surface area contributed by atoms with E-state index in [2.05, 4.69) is 0 Å². The molecule has 2 aromatic rings. The molecule has 1 unspecified atom stereocenters. The summed E-state index contributed by atoms with van der Waals surface area (Å²) in [6.45, 7) is 1.76. The summed E-state index contributed by atoms with van der Waals surface area (Å²) in [5.41, 5.74) is 2.18. The van der Waals surface area contributed by atoms with Gasteiger partial charge in [0.2, 0.25) is 6.33 Å². The number of fused-ring (bicyclic) bond motifs is 1. The molecule has 0 saturated heterocycles. The molecule has 1 atom stereocenters. The number of aromatic nitrogens is 2. The number of rotatable bonds is 1. The molecule has 0 aliphatic rings. The van der Waals surface area contributed by atoms with Gasteiger partial charge in [0.15, 0.2) is 17.3 Å². The number of halogens is 1. The van der Waals surface area contributed by atoms with E-state index in [1.54, 1.807) is 6.92 Å². The molecule has 0 spiro atoms. The van der Waals surface area contributed by atoms with Gasteiger partial charge in [0.25, 0.3) is 0 Å². The van der Waals surface area contributed by atoms with Crippen molar-refractivity contribution in [1.82, 2.24) is 4.57 Å². The van der Waals surface area contributed by atoms with E-state index in [1.165, 1.54) is 0 Å². The minimum Gasteiger partial charge on any atom is -1.00 e. The first-order chi connectivity index (χ1) is 6.20. The number of aliphatic hydroxyl groups excluding tert-OH is 1. The van der Waals surface area contributed by atoms with Crippen molar-refractivity contribution in [2.45, 2.75) is 13.2 Å². The number of hydrogen-bond acceptors (Lipinski definition) is 1. The standard InChI is InChI=1S/C10H13N2O.ClH/c1-8(13)12-7-11(2)9-5-3-4-6-10(9)12;/h3-8,13H,1-2H3;1H/q+1;/p-1. The largest absolute Gasteiger partial charge is 1.00 e. The molecule has 0 saturated carbocycles. The van der Waals surface area contributed by atoms with Crippen LogP contribution in [0.2, 0.25) is 0 Å². The van der Waals surface area contributed by atoms with E-state index < -0.39 is 6.23 Å². The highest BCUT2D eigenvalue weighted by Gasteiger charge is 2.14. The Hall–Kier alpha value is -1.06. The van der Waals surface area contributed by atoms with E-state index in [-0.39, 0.29) is 12.4 Å². The fraction of sp³-hybridized carbons (Fsp3) is 0.300. The van der Waals surface area contributed by atoms with Crippen LogP contribution in [0.3, 0.4) is 0 Å². The SMILES string of the molecule is CC(O)n1c[n+](C)c2ccccc21.[Cl-]. The zero-order valence-electron chi connectivity index (χ0n) is 8.18. The van der Waals surface area contributed by atoms with Crippen molar-refractivity contribution >= 4 is 11.0 Å². The molecule has 76 valence electrons. The summed E-state index contributed by atoms with van der Waals surface area (Å²) in [6, 6.07) is 8.01. The first-order valence-electron chi connectivity index (χ1n) is 4.33. The molecule has 1 N–H and O–H groups in total. The van der Waals surface area contributed by atoms with Crippen LogP contribution in [0.5, 0.6) is 0 Å². The molecule has 1 heterocycles. The monoisotopic (exact) mass is 212 g/mol. The van der Waals surface area contributed by atoms with Gasteiger partial charge in [-0.25, -0.2) is 9.13 Å². The van der Waals surface area contributed by atoms with Crippen LogP contribution in [-0.4, -0.2) is 9.67 Å². The molecule has 14 heavy (non-hydrogen) atoms. The fourth-order valence-electron chi connectivity index (χ4n) is 1.59. The van der Waals surface area contributed by atoms with Gasteiger partial charge in [0.05, 0.1) is 7.05 Å². The molecule has 0 amide bonds. The lowest BCUT2D eigenvalue weighted by Gasteiger charge is -1.98. The van der Waals surface area contributed by atoms with Crippen molar-refractivity contribution < 1.29 is 22.1 Å². The van der Waals surface area contributed by atoms with Crippen molar-refractivity contribution in [1.29, 1.82) is 0 Å². The lowest BCUT2D eigenvalue weighted by Crippen LogP contribution is -3.00. The third kappa shape index (κ3) is 1.61. The van der Waals surface area contributed by atoms with Gasteiger partial charge in [-0.15, -0.1) is 0 Å². The highest BCUT2D eigenvalue weighted by molar-refractivity contribution is 5.71. The van der Waals surface area contributed by atoms with Crippen molar-refractivity contribution in [3.63, 3.8) is 0 Å². The average Bonchev–Trinajstić information content (AvgIpc) is 2.45. The predicted octanol–water partition coefficient (Wildman–Crippen LogP) is -2.02. The molecule has 4 heteroatoms. The van der Waals surface area contributed by atoms with Crippen LogP contribution in [0.1, 0.15) is 13.2 Å². The molecule has 0 fully saturated rings. The molecule has 0 bridgehead atoms. The summed E-state index contributed by atoms with van der Waals surface area (Å²) in [5, 5.41) is 9.48. The van der Waals surface area contributed by atoms with E-state index in [0.717, 1.165) is 11.0 Å². The Kier molecular flexibility index (Phi) is 3.13. The zero-order valence-corrected chi connectivity index (χ0v) is 8.94. The van der Waals surface area contributed by atoms with Crippen LogP contribution >= 0.6 is 0 Å². The molecule has 1 aromatic carbocycles. The van der Waals surface area contributed by atoms with Crippen molar-refractivity contribution in [2.24, 2.45) is 7.05 Å². The van der Waals surface area contributed by atoms with E-state index in [4.69, 9.17) is 0 Å². The second-order valence-electron chi connectivity index (χ2n) is 3.25. The first kappa shape index (κ1) is 11.0. The van der Waals surface area contributed by atoms with Crippen LogP contribution in [0.25, 0.3) is 11.0 Å². The maximum Gasteiger partial charge on any atom is 0.246 e. The smallest absolute Gasteiger partial charge is 0.246 e. The second kappa shape index (κ2) is 3.98. The lowest BCUT2D eigenvalue weighted by atomic mass is 10.3. The van der Waals surface area contributed by atoms with Crippen molar-refractivity contribution in [3.8, 4) is 0 Å². The lowest BCUT2D eigenvalue weighted by molar-refractivity contribution is -0.646. The summed E-state index contributed by atoms with van der Waals surface area (Å²) in [5.74, 6) is 0.